The SMILES string of the molecule is O=C(NC1CCNCC1)N1CCN(c2ccc(F)cn2)c2ccccc21. The highest BCUT2D eigenvalue weighted by Crippen LogP contribution is 2.36. The highest BCUT2D eigenvalue weighted by Gasteiger charge is 2.29. The van der Waals surface area contributed by atoms with Gasteiger partial charge in [0.05, 0.1) is 17.6 Å². The van der Waals surface area contributed by atoms with Crippen molar-refractivity contribution in [1.82, 2.24) is 15.6 Å². The van der Waals surface area contributed by atoms with Crippen LogP contribution in [-0.4, -0.2) is 43.2 Å². The van der Waals surface area contributed by atoms with Gasteiger partial charge in [-0.05, 0) is 50.2 Å². The topological polar surface area (TPSA) is 60.5 Å². The third kappa shape index (κ3) is 3.35. The molecule has 1 saturated heterocycles. The van der Waals surface area contributed by atoms with Crippen molar-refractivity contribution in [2.24, 2.45) is 0 Å². The summed E-state index contributed by atoms with van der Waals surface area (Å²) in [5.41, 5.74) is 1.75. The zero-order valence-electron chi connectivity index (χ0n) is 14.5. The standard InChI is InChI=1S/C19H22FN5O/c20-14-5-6-18(22-13-14)24-11-12-25(17-4-2-1-3-16(17)24)19(26)23-15-7-9-21-10-8-15/h1-6,13,15,21H,7-12H2,(H,23,26). The fourth-order valence-corrected chi connectivity index (χ4v) is 3.56. The predicted molar refractivity (Wildman–Crippen MR) is 99.4 cm³/mol. The van der Waals surface area contributed by atoms with E-state index in [9.17, 15) is 9.18 Å². The van der Waals surface area contributed by atoms with Gasteiger partial charge in [0.25, 0.3) is 0 Å². The molecule has 26 heavy (non-hydrogen) atoms. The van der Waals surface area contributed by atoms with Gasteiger partial charge in [0.15, 0.2) is 0 Å². The van der Waals surface area contributed by atoms with Crippen LogP contribution >= 0.6 is 0 Å². The Morgan fingerprint density at radius 1 is 1.12 bits per heavy atom. The number of hydrogen-bond donors (Lipinski definition) is 2. The van der Waals surface area contributed by atoms with E-state index in [2.05, 4.69) is 15.6 Å². The minimum absolute atomic E-state index is 0.0592. The molecule has 1 aromatic carbocycles. The molecule has 0 spiro atoms. The molecular weight excluding hydrogens is 333 g/mol. The van der Waals surface area contributed by atoms with Crippen LogP contribution in [0, 0.1) is 5.82 Å². The van der Waals surface area contributed by atoms with Crippen molar-refractivity contribution in [2.45, 2.75) is 18.9 Å². The monoisotopic (exact) mass is 355 g/mol. The summed E-state index contributed by atoms with van der Waals surface area (Å²) in [6, 6.07) is 11.0. The third-order valence-corrected chi connectivity index (χ3v) is 4.91. The molecule has 136 valence electrons. The summed E-state index contributed by atoms with van der Waals surface area (Å²) in [6.45, 7) is 3.03. The summed E-state index contributed by atoms with van der Waals surface area (Å²) in [5, 5.41) is 6.46. The number of fused-ring (bicyclic) bond motifs is 1. The number of piperidine rings is 1. The fourth-order valence-electron chi connectivity index (χ4n) is 3.56. The molecule has 0 unspecified atom stereocenters. The van der Waals surface area contributed by atoms with Crippen LogP contribution in [0.4, 0.5) is 26.4 Å². The number of urea groups is 1. The molecule has 3 heterocycles. The van der Waals surface area contributed by atoms with Gasteiger partial charge in [-0.25, -0.2) is 14.2 Å². The highest BCUT2D eigenvalue weighted by molar-refractivity contribution is 5.97. The maximum absolute atomic E-state index is 13.2. The van der Waals surface area contributed by atoms with E-state index >= 15 is 0 Å². The number of pyridine rings is 1. The molecule has 2 aromatic rings. The van der Waals surface area contributed by atoms with Crippen molar-refractivity contribution in [3.05, 3.63) is 48.4 Å². The van der Waals surface area contributed by atoms with Crippen LogP contribution in [0.3, 0.4) is 0 Å². The first-order valence-corrected chi connectivity index (χ1v) is 8.99. The maximum Gasteiger partial charge on any atom is 0.322 e. The van der Waals surface area contributed by atoms with Crippen LogP contribution in [0.1, 0.15) is 12.8 Å². The molecule has 2 N–H and O–H groups in total. The van der Waals surface area contributed by atoms with E-state index < -0.39 is 0 Å². The van der Waals surface area contributed by atoms with E-state index in [1.807, 2.05) is 29.2 Å². The van der Waals surface area contributed by atoms with Gasteiger partial charge in [0.1, 0.15) is 11.6 Å². The molecule has 7 heteroatoms. The normalized spacial score (nSPS) is 17.7. The Morgan fingerprint density at radius 2 is 1.88 bits per heavy atom. The number of anilines is 3. The Hall–Kier alpha value is -2.67. The molecule has 1 aromatic heterocycles. The van der Waals surface area contributed by atoms with Crippen LogP contribution in [0.5, 0.6) is 0 Å². The average Bonchev–Trinajstić information content (AvgIpc) is 2.68. The van der Waals surface area contributed by atoms with Gasteiger partial charge in [-0.15, -0.1) is 0 Å². The van der Waals surface area contributed by atoms with E-state index in [1.165, 1.54) is 12.3 Å². The molecule has 0 radical (unpaired) electrons. The van der Waals surface area contributed by atoms with E-state index in [0.717, 1.165) is 37.3 Å². The average molecular weight is 355 g/mol. The third-order valence-electron chi connectivity index (χ3n) is 4.91. The van der Waals surface area contributed by atoms with Crippen molar-refractivity contribution >= 4 is 23.2 Å². The van der Waals surface area contributed by atoms with Crippen molar-refractivity contribution in [3.63, 3.8) is 0 Å². The quantitative estimate of drug-likeness (QED) is 0.869. The Morgan fingerprint density at radius 3 is 2.62 bits per heavy atom. The zero-order valence-corrected chi connectivity index (χ0v) is 14.5. The summed E-state index contributed by atoms with van der Waals surface area (Å²) in [7, 11) is 0. The molecule has 0 aliphatic carbocycles. The number of halogens is 1. The molecule has 4 rings (SSSR count). The molecule has 1 fully saturated rings. The second-order valence-corrected chi connectivity index (χ2v) is 6.60. The van der Waals surface area contributed by atoms with Gasteiger partial charge >= 0.3 is 6.03 Å². The lowest BCUT2D eigenvalue weighted by atomic mass is 10.1. The second-order valence-electron chi connectivity index (χ2n) is 6.60. The van der Waals surface area contributed by atoms with Crippen molar-refractivity contribution in [1.29, 1.82) is 0 Å². The second kappa shape index (κ2) is 7.29. The van der Waals surface area contributed by atoms with Gasteiger partial charge in [-0.1, -0.05) is 12.1 Å². The predicted octanol–water partition coefficient (Wildman–Crippen LogP) is 2.64. The number of aromatic nitrogens is 1. The molecule has 0 bridgehead atoms. The zero-order chi connectivity index (χ0) is 17.9. The number of amides is 2. The number of rotatable bonds is 2. The summed E-state index contributed by atoms with van der Waals surface area (Å²) < 4.78 is 13.2. The van der Waals surface area contributed by atoms with E-state index in [1.54, 1.807) is 11.0 Å². The molecule has 2 aliphatic rings. The number of benzene rings is 1. The highest BCUT2D eigenvalue weighted by atomic mass is 19.1. The molecular formula is C19H22FN5O. The van der Waals surface area contributed by atoms with Gasteiger partial charge in [0, 0.05) is 19.1 Å². The lowest BCUT2D eigenvalue weighted by Gasteiger charge is -2.38. The first-order chi connectivity index (χ1) is 12.7. The minimum atomic E-state index is -0.359. The number of carbonyl (C=O) groups is 1. The first-order valence-electron chi connectivity index (χ1n) is 8.99. The van der Waals surface area contributed by atoms with Crippen LogP contribution in [0.25, 0.3) is 0 Å². The Balaban J connectivity index is 1.57. The molecule has 2 aliphatic heterocycles. The summed E-state index contributed by atoms with van der Waals surface area (Å²) in [4.78, 5) is 20.8. The lowest BCUT2D eigenvalue weighted by molar-refractivity contribution is 0.239. The Labute approximate surface area is 152 Å². The lowest BCUT2D eigenvalue weighted by Crippen LogP contribution is -2.51. The van der Waals surface area contributed by atoms with Crippen LogP contribution < -0.4 is 20.4 Å². The Bertz CT molecular complexity index is 776. The first kappa shape index (κ1) is 16.8. The fraction of sp³-hybridized carbons (Fsp3) is 0.368. The van der Waals surface area contributed by atoms with Crippen molar-refractivity contribution in [2.75, 3.05) is 36.0 Å². The van der Waals surface area contributed by atoms with Crippen molar-refractivity contribution in [3.8, 4) is 0 Å². The largest absolute Gasteiger partial charge is 0.335 e. The number of carbonyl (C=O) groups excluding carboxylic acids is 1. The number of nitrogens with zero attached hydrogens (tertiary/aromatic N) is 3. The van der Waals surface area contributed by atoms with Gasteiger partial charge < -0.3 is 15.5 Å². The van der Waals surface area contributed by atoms with Crippen LogP contribution in [0.15, 0.2) is 42.6 Å². The number of hydrogen-bond acceptors (Lipinski definition) is 4. The van der Waals surface area contributed by atoms with Crippen LogP contribution in [-0.2, 0) is 0 Å². The molecule has 0 atom stereocenters. The van der Waals surface area contributed by atoms with Crippen molar-refractivity contribution < 1.29 is 9.18 Å². The van der Waals surface area contributed by atoms with E-state index in [-0.39, 0.29) is 17.9 Å². The number of nitrogens with one attached hydrogen (secondary N) is 2. The summed E-state index contributed by atoms with van der Waals surface area (Å²) in [5.74, 6) is 0.319. The van der Waals surface area contributed by atoms with Gasteiger partial charge in [-0.2, -0.15) is 0 Å². The van der Waals surface area contributed by atoms with Gasteiger partial charge in [-0.3, -0.25) is 4.90 Å². The van der Waals surface area contributed by atoms with E-state index in [4.69, 9.17) is 0 Å². The summed E-state index contributed by atoms with van der Waals surface area (Å²) >= 11 is 0. The Kier molecular flexibility index (Phi) is 4.71. The minimum Gasteiger partial charge on any atom is -0.335 e. The maximum atomic E-state index is 13.2. The summed E-state index contributed by atoms with van der Waals surface area (Å²) in [6.07, 6.45) is 3.12. The van der Waals surface area contributed by atoms with Crippen LogP contribution in [0.2, 0.25) is 0 Å². The van der Waals surface area contributed by atoms with E-state index in [0.29, 0.717) is 18.9 Å². The number of para-hydroxylation sites is 2. The molecule has 0 saturated carbocycles. The molecule has 2 amide bonds. The smallest absolute Gasteiger partial charge is 0.322 e. The van der Waals surface area contributed by atoms with Gasteiger partial charge in [0.2, 0.25) is 0 Å². The molecule has 6 nitrogen and oxygen atoms in total.